The van der Waals surface area contributed by atoms with Crippen LogP contribution in [0.15, 0.2) is 42.1 Å². The molecule has 2 fully saturated rings. The van der Waals surface area contributed by atoms with E-state index in [0.717, 1.165) is 37.1 Å². The number of aromatic nitrogens is 1. The van der Waals surface area contributed by atoms with Gasteiger partial charge in [-0.15, -0.1) is 0 Å². The molecule has 2 aromatic rings. The fraction of sp³-hybridized carbons (Fsp3) is 0.440. The first-order valence-corrected chi connectivity index (χ1v) is 12.1. The topological polar surface area (TPSA) is 165 Å². The van der Waals surface area contributed by atoms with Gasteiger partial charge in [0.15, 0.2) is 0 Å². The number of nitro benzene ring substituents is 1. The van der Waals surface area contributed by atoms with E-state index in [1.165, 1.54) is 35.7 Å². The number of nitro groups is 1. The quantitative estimate of drug-likeness (QED) is 0.166. The SMILES string of the molecule is CN(N)/C(COC(=O)Oc1ccc([N+](=O)[O-])cc1)=C(\N)c1ccc(OC2CCCCC2)c(C2COC2)n1. The van der Waals surface area contributed by atoms with Crippen LogP contribution in [0.25, 0.3) is 5.70 Å². The molecule has 1 saturated heterocycles. The Balaban J connectivity index is 1.47. The fourth-order valence-electron chi connectivity index (χ4n) is 4.17. The lowest BCUT2D eigenvalue weighted by Gasteiger charge is -2.30. The van der Waals surface area contributed by atoms with Gasteiger partial charge in [-0.2, -0.15) is 0 Å². The molecule has 4 rings (SSSR count). The van der Waals surface area contributed by atoms with Gasteiger partial charge < -0.3 is 29.7 Å². The number of non-ortho nitro benzene ring substituents is 1. The van der Waals surface area contributed by atoms with Gasteiger partial charge in [0, 0.05) is 19.2 Å². The number of rotatable bonds is 9. The maximum atomic E-state index is 12.2. The van der Waals surface area contributed by atoms with Crippen LogP contribution in [-0.2, 0) is 9.47 Å². The van der Waals surface area contributed by atoms with Crippen LogP contribution in [0.4, 0.5) is 10.5 Å². The minimum atomic E-state index is -1.02. The molecule has 4 N–H and O–H groups in total. The van der Waals surface area contributed by atoms with Crippen molar-refractivity contribution in [2.24, 2.45) is 11.6 Å². The van der Waals surface area contributed by atoms with Gasteiger partial charge in [0.05, 0.1) is 52.9 Å². The number of ether oxygens (including phenoxy) is 4. The molecule has 198 valence electrons. The molecule has 1 aliphatic carbocycles. The second kappa shape index (κ2) is 11.9. The van der Waals surface area contributed by atoms with E-state index in [1.807, 2.05) is 6.07 Å². The molecule has 0 spiro atoms. The minimum absolute atomic E-state index is 0.0952. The van der Waals surface area contributed by atoms with E-state index in [-0.39, 0.29) is 35.8 Å². The lowest BCUT2D eigenvalue weighted by Crippen LogP contribution is -2.32. The molecule has 1 aliphatic heterocycles. The van der Waals surface area contributed by atoms with Crippen molar-refractivity contribution in [3.8, 4) is 11.5 Å². The van der Waals surface area contributed by atoms with E-state index in [4.69, 9.17) is 35.5 Å². The summed E-state index contributed by atoms with van der Waals surface area (Å²) in [5.41, 5.74) is 8.09. The highest BCUT2D eigenvalue weighted by Gasteiger charge is 2.28. The molecule has 1 saturated carbocycles. The van der Waals surface area contributed by atoms with E-state index >= 15 is 0 Å². The first-order valence-electron chi connectivity index (χ1n) is 12.1. The molecular weight excluding hydrogens is 482 g/mol. The number of carbonyl (C=O) groups excluding carboxylic acids is 1. The summed E-state index contributed by atoms with van der Waals surface area (Å²) in [7, 11) is 1.56. The Hall–Kier alpha value is -3.90. The van der Waals surface area contributed by atoms with Crippen molar-refractivity contribution in [3.05, 3.63) is 63.6 Å². The molecule has 0 atom stereocenters. The largest absolute Gasteiger partial charge is 0.514 e. The Labute approximate surface area is 214 Å². The van der Waals surface area contributed by atoms with Crippen molar-refractivity contribution in [3.63, 3.8) is 0 Å². The Morgan fingerprint density at radius 2 is 1.86 bits per heavy atom. The summed E-state index contributed by atoms with van der Waals surface area (Å²) < 4.78 is 22.0. The fourth-order valence-corrected chi connectivity index (χ4v) is 4.17. The van der Waals surface area contributed by atoms with Gasteiger partial charge in [0.25, 0.3) is 5.69 Å². The maximum absolute atomic E-state index is 12.2. The van der Waals surface area contributed by atoms with Crippen LogP contribution in [0.3, 0.4) is 0 Å². The number of carbonyl (C=O) groups is 1. The Morgan fingerprint density at radius 3 is 2.46 bits per heavy atom. The average Bonchev–Trinajstić information content (AvgIpc) is 2.84. The molecule has 0 radical (unpaired) electrons. The first kappa shape index (κ1) is 26.2. The number of nitrogens with zero attached hydrogens (tertiary/aromatic N) is 3. The second-order valence-corrected chi connectivity index (χ2v) is 9.06. The first-order chi connectivity index (χ1) is 17.8. The van der Waals surface area contributed by atoms with Gasteiger partial charge in [0.1, 0.15) is 18.1 Å². The zero-order chi connectivity index (χ0) is 26.4. The van der Waals surface area contributed by atoms with Crippen LogP contribution in [0.2, 0.25) is 0 Å². The third-order valence-electron chi connectivity index (χ3n) is 6.34. The normalized spacial score (nSPS) is 16.8. The molecule has 2 heterocycles. The third kappa shape index (κ3) is 6.66. The summed E-state index contributed by atoms with van der Waals surface area (Å²) in [4.78, 5) is 27.2. The van der Waals surface area contributed by atoms with Crippen LogP contribution in [0, 0.1) is 10.1 Å². The van der Waals surface area contributed by atoms with Gasteiger partial charge in [0.2, 0.25) is 0 Å². The van der Waals surface area contributed by atoms with Crippen molar-refractivity contribution in [2.75, 3.05) is 26.9 Å². The van der Waals surface area contributed by atoms with E-state index < -0.39 is 11.1 Å². The van der Waals surface area contributed by atoms with Crippen molar-refractivity contribution < 1.29 is 28.7 Å². The maximum Gasteiger partial charge on any atom is 0.514 e. The second-order valence-electron chi connectivity index (χ2n) is 9.06. The molecule has 12 heteroatoms. The third-order valence-corrected chi connectivity index (χ3v) is 6.34. The highest BCUT2D eigenvalue weighted by molar-refractivity contribution is 5.66. The van der Waals surface area contributed by atoms with E-state index in [2.05, 4.69) is 0 Å². The van der Waals surface area contributed by atoms with Crippen LogP contribution in [-0.4, -0.2) is 54.0 Å². The smallest absolute Gasteiger partial charge is 0.489 e. The zero-order valence-corrected chi connectivity index (χ0v) is 20.6. The van der Waals surface area contributed by atoms with Gasteiger partial charge in [-0.25, -0.2) is 15.6 Å². The number of hydrogen-bond donors (Lipinski definition) is 2. The Kier molecular flexibility index (Phi) is 8.41. The van der Waals surface area contributed by atoms with E-state index in [9.17, 15) is 14.9 Å². The van der Waals surface area contributed by atoms with Crippen LogP contribution in [0.1, 0.15) is 49.4 Å². The van der Waals surface area contributed by atoms with Crippen molar-refractivity contribution >= 4 is 17.5 Å². The lowest BCUT2D eigenvalue weighted by atomic mass is 9.97. The molecule has 2 aliphatic rings. The van der Waals surface area contributed by atoms with Gasteiger partial charge >= 0.3 is 6.16 Å². The molecular formula is C25H31N5O7. The summed E-state index contributed by atoms with van der Waals surface area (Å²) in [6.45, 7) is 0.833. The van der Waals surface area contributed by atoms with E-state index in [1.54, 1.807) is 13.1 Å². The Bertz CT molecular complexity index is 1140. The van der Waals surface area contributed by atoms with Crippen molar-refractivity contribution in [2.45, 2.75) is 44.1 Å². The number of pyridine rings is 1. The standard InChI is InChI=1S/C25H31N5O7/c1-29(27)21(15-35-25(31)37-19-9-7-17(8-10-19)30(32)33)23(26)20-11-12-22(24(28-20)16-13-34-14-16)36-18-5-3-2-4-6-18/h7-12,16,18H,2-6,13-15,26-27H2,1H3/b23-21-. The number of nitrogens with two attached hydrogens (primary N) is 2. The molecule has 1 aromatic carbocycles. The van der Waals surface area contributed by atoms with E-state index in [0.29, 0.717) is 24.6 Å². The minimum Gasteiger partial charge on any atom is -0.489 e. The van der Waals surface area contributed by atoms with Gasteiger partial charge in [-0.3, -0.25) is 10.1 Å². The summed E-state index contributed by atoms with van der Waals surface area (Å²) in [5.74, 6) is 6.92. The predicted molar refractivity (Wildman–Crippen MR) is 133 cm³/mol. The number of hydrogen-bond acceptors (Lipinski definition) is 11. The molecule has 0 amide bonds. The number of benzene rings is 1. The molecule has 0 bridgehead atoms. The van der Waals surface area contributed by atoms with Crippen LogP contribution >= 0.6 is 0 Å². The average molecular weight is 514 g/mol. The predicted octanol–water partition coefficient (Wildman–Crippen LogP) is 3.46. The van der Waals surface area contributed by atoms with Gasteiger partial charge in [-0.05, 0) is 49.9 Å². The lowest BCUT2D eigenvalue weighted by molar-refractivity contribution is -0.384. The number of likely N-dealkylation sites (N-methyl/N-ethyl adjacent to an activating group) is 1. The summed E-state index contributed by atoms with van der Waals surface area (Å²) in [5, 5.41) is 12.0. The molecule has 37 heavy (non-hydrogen) atoms. The summed E-state index contributed by atoms with van der Waals surface area (Å²) in [6.07, 6.45) is 4.77. The van der Waals surface area contributed by atoms with Crippen LogP contribution < -0.4 is 21.1 Å². The van der Waals surface area contributed by atoms with Crippen molar-refractivity contribution in [1.29, 1.82) is 0 Å². The Morgan fingerprint density at radius 1 is 1.16 bits per heavy atom. The molecule has 1 aromatic heterocycles. The number of hydrazine groups is 1. The van der Waals surface area contributed by atoms with Crippen molar-refractivity contribution in [1.82, 2.24) is 9.99 Å². The van der Waals surface area contributed by atoms with Gasteiger partial charge in [-0.1, -0.05) is 6.42 Å². The molecule has 0 unspecified atom stereocenters. The monoisotopic (exact) mass is 513 g/mol. The van der Waals surface area contributed by atoms with Crippen LogP contribution in [0.5, 0.6) is 11.5 Å². The zero-order valence-electron chi connectivity index (χ0n) is 20.6. The highest BCUT2D eigenvalue weighted by Crippen LogP contribution is 2.34. The summed E-state index contributed by atoms with van der Waals surface area (Å²) in [6, 6.07) is 8.66. The highest BCUT2D eigenvalue weighted by atomic mass is 16.7. The molecule has 12 nitrogen and oxygen atoms in total. The summed E-state index contributed by atoms with van der Waals surface area (Å²) >= 11 is 0.